The Morgan fingerprint density at radius 3 is 3.14 bits per heavy atom. The molecule has 112 valence electrons. The lowest BCUT2D eigenvalue weighted by Crippen LogP contribution is -2.25. The minimum absolute atomic E-state index is 0.166. The molecule has 7 heteroatoms. The van der Waals surface area contributed by atoms with Crippen molar-refractivity contribution in [2.75, 3.05) is 18.0 Å². The lowest BCUT2D eigenvalue weighted by molar-refractivity contribution is 0.223. The van der Waals surface area contributed by atoms with Gasteiger partial charge in [-0.15, -0.1) is 15.3 Å². The van der Waals surface area contributed by atoms with Crippen LogP contribution in [0, 0.1) is 6.92 Å². The number of nitrogens with zero attached hydrogens (tertiary/aromatic N) is 6. The molecule has 0 N–H and O–H groups in total. The molecule has 1 aliphatic rings. The smallest absolute Gasteiger partial charge is 0.177 e. The van der Waals surface area contributed by atoms with Gasteiger partial charge in [-0.1, -0.05) is 0 Å². The monoisotopic (exact) mass is 296 g/mol. The van der Waals surface area contributed by atoms with Gasteiger partial charge in [0.1, 0.15) is 24.0 Å². The zero-order chi connectivity index (χ0) is 14.9. The average molecular weight is 296 g/mol. The van der Waals surface area contributed by atoms with Gasteiger partial charge in [0.15, 0.2) is 5.65 Å². The summed E-state index contributed by atoms with van der Waals surface area (Å²) in [4.78, 5) is 6.31. The molecule has 0 aliphatic carbocycles. The van der Waals surface area contributed by atoms with Crippen LogP contribution in [0.4, 0.5) is 5.82 Å². The quantitative estimate of drug-likeness (QED) is 0.729. The van der Waals surface area contributed by atoms with Crippen molar-refractivity contribution in [1.29, 1.82) is 0 Å². The molecule has 3 aromatic rings. The van der Waals surface area contributed by atoms with Gasteiger partial charge in [-0.3, -0.25) is 4.98 Å². The van der Waals surface area contributed by atoms with Crippen molar-refractivity contribution in [3.63, 3.8) is 0 Å². The zero-order valence-corrected chi connectivity index (χ0v) is 12.3. The molecule has 22 heavy (non-hydrogen) atoms. The summed E-state index contributed by atoms with van der Waals surface area (Å²) in [5.41, 5.74) is 1.81. The summed E-state index contributed by atoms with van der Waals surface area (Å²) in [5, 5.41) is 12.3. The highest BCUT2D eigenvalue weighted by molar-refractivity contribution is 5.46. The Hall–Kier alpha value is -2.70. The minimum Gasteiger partial charge on any atom is -0.488 e. The second kappa shape index (κ2) is 5.25. The van der Waals surface area contributed by atoms with E-state index in [9.17, 15) is 0 Å². The molecule has 4 heterocycles. The van der Waals surface area contributed by atoms with Crippen LogP contribution >= 0.6 is 0 Å². The number of ether oxygens (including phenoxy) is 1. The standard InChI is InChI=1S/C15H16N6O/c1-11-8-16-6-4-13(11)22-12-5-7-20(9-12)15-3-2-14-18-17-10-21(14)19-15/h2-4,6,8,10,12H,5,7,9H2,1H3. The number of fused-ring (bicyclic) bond motifs is 1. The number of hydrogen-bond donors (Lipinski definition) is 0. The molecular weight excluding hydrogens is 280 g/mol. The van der Waals surface area contributed by atoms with Gasteiger partial charge in [-0.2, -0.15) is 4.52 Å². The third-order valence-corrected chi connectivity index (χ3v) is 3.88. The van der Waals surface area contributed by atoms with Gasteiger partial charge in [0.05, 0.1) is 6.54 Å². The van der Waals surface area contributed by atoms with Gasteiger partial charge in [0.2, 0.25) is 0 Å². The van der Waals surface area contributed by atoms with Crippen molar-refractivity contribution in [2.24, 2.45) is 0 Å². The van der Waals surface area contributed by atoms with Gasteiger partial charge in [-0.05, 0) is 25.1 Å². The molecule has 1 saturated heterocycles. The molecule has 0 spiro atoms. The maximum atomic E-state index is 6.09. The minimum atomic E-state index is 0.166. The van der Waals surface area contributed by atoms with E-state index in [1.165, 1.54) is 0 Å². The van der Waals surface area contributed by atoms with E-state index in [1.807, 2.05) is 31.3 Å². The second-order valence-corrected chi connectivity index (χ2v) is 5.44. The second-order valence-electron chi connectivity index (χ2n) is 5.44. The summed E-state index contributed by atoms with van der Waals surface area (Å²) in [6, 6.07) is 5.82. The predicted octanol–water partition coefficient (Wildman–Crippen LogP) is 1.49. The summed E-state index contributed by atoms with van der Waals surface area (Å²) in [6.45, 7) is 3.76. The van der Waals surface area contributed by atoms with Crippen LogP contribution in [-0.4, -0.2) is 44.0 Å². The van der Waals surface area contributed by atoms with Crippen LogP contribution in [0.5, 0.6) is 5.75 Å². The van der Waals surface area contributed by atoms with E-state index in [-0.39, 0.29) is 6.10 Å². The van der Waals surface area contributed by atoms with Crippen molar-refractivity contribution < 1.29 is 4.74 Å². The van der Waals surface area contributed by atoms with Gasteiger partial charge >= 0.3 is 0 Å². The maximum Gasteiger partial charge on any atom is 0.177 e. The summed E-state index contributed by atoms with van der Waals surface area (Å²) in [5.74, 6) is 1.83. The zero-order valence-electron chi connectivity index (χ0n) is 12.3. The largest absolute Gasteiger partial charge is 0.488 e. The Balaban J connectivity index is 1.49. The molecule has 4 rings (SSSR count). The summed E-state index contributed by atoms with van der Waals surface area (Å²) in [7, 11) is 0. The molecule has 1 aliphatic heterocycles. The third kappa shape index (κ3) is 2.34. The molecule has 0 bridgehead atoms. The Morgan fingerprint density at radius 2 is 2.23 bits per heavy atom. The van der Waals surface area contributed by atoms with Crippen molar-refractivity contribution >= 4 is 11.5 Å². The fraction of sp³-hybridized carbons (Fsp3) is 0.333. The first-order chi connectivity index (χ1) is 10.8. The fourth-order valence-electron chi connectivity index (χ4n) is 2.69. The molecule has 0 radical (unpaired) electrons. The number of pyridine rings is 1. The van der Waals surface area contributed by atoms with Crippen LogP contribution in [0.2, 0.25) is 0 Å². The number of aromatic nitrogens is 5. The number of rotatable bonds is 3. The summed E-state index contributed by atoms with van der Waals surface area (Å²) in [6.07, 6.45) is 6.34. The fourth-order valence-corrected chi connectivity index (χ4v) is 2.69. The van der Waals surface area contributed by atoms with E-state index in [0.717, 1.165) is 42.3 Å². The number of anilines is 1. The van der Waals surface area contributed by atoms with Gasteiger partial charge < -0.3 is 9.64 Å². The normalized spacial score (nSPS) is 18.0. The molecule has 1 fully saturated rings. The van der Waals surface area contributed by atoms with Crippen LogP contribution < -0.4 is 9.64 Å². The average Bonchev–Trinajstić information content (AvgIpc) is 3.17. The van der Waals surface area contributed by atoms with Crippen LogP contribution in [0.25, 0.3) is 5.65 Å². The highest BCUT2D eigenvalue weighted by Gasteiger charge is 2.25. The maximum absolute atomic E-state index is 6.09. The van der Waals surface area contributed by atoms with E-state index in [4.69, 9.17) is 4.74 Å². The number of aryl methyl sites for hydroxylation is 1. The van der Waals surface area contributed by atoms with Crippen LogP contribution in [0.1, 0.15) is 12.0 Å². The third-order valence-electron chi connectivity index (χ3n) is 3.88. The van der Waals surface area contributed by atoms with E-state index in [2.05, 4.69) is 25.2 Å². The molecule has 1 unspecified atom stereocenters. The van der Waals surface area contributed by atoms with Gasteiger partial charge in [-0.25, -0.2) is 0 Å². The SMILES string of the molecule is Cc1cnccc1OC1CCN(c2ccc3nncn3n2)C1. The first-order valence-corrected chi connectivity index (χ1v) is 7.29. The van der Waals surface area contributed by atoms with Crippen molar-refractivity contribution in [3.8, 4) is 5.75 Å². The Kier molecular flexibility index (Phi) is 3.10. The van der Waals surface area contributed by atoms with Gasteiger partial charge in [0, 0.05) is 30.9 Å². The van der Waals surface area contributed by atoms with E-state index >= 15 is 0 Å². The highest BCUT2D eigenvalue weighted by atomic mass is 16.5. The molecule has 0 saturated carbocycles. The Morgan fingerprint density at radius 1 is 1.27 bits per heavy atom. The summed E-state index contributed by atoms with van der Waals surface area (Å²) < 4.78 is 7.78. The van der Waals surface area contributed by atoms with Crippen molar-refractivity contribution in [1.82, 2.24) is 24.8 Å². The Labute approximate surface area is 127 Å². The van der Waals surface area contributed by atoms with Gasteiger partial charge in [0.25, 0.3) is 0 Å². The van der Waals surface area contributed by atoms with E-state index in [1.54, 1.807) is 17.0 Å². The Bertz CT molecular complexity index is 801. The topological polar surface area (TPSA) is 68.4 Å². The predicted molar refractivity (Wildman–Crippen MR) is 81.0 cm³/mol. The van der Waals surface area contributed by atoms with E-state index in [0.29, 0.717) is 0 Å². The summed E-state index contributed by atoms with van der Waals surface area (Å²) >= 11 is 0. The molecule has 0 amide bonds. The van der Waals surface area contributed by atoms with Crippen molar-refractivity contribution in [3.05, 3.63) is 42.5 Å². The number of hydrogen-bond acceptors (Lipinski definition) is 6. The highest BCUT2D eigenvalue weighted by Crippen LogP contribution is 2.23. The lowest BCUT2D eigenvalue weighted by atomic mass is 10.2. The first kappa shape index (κ1) is 13.0. The lowest BCUT2D eigenvalue weighted by Gasteiger charge is -2.18. The van der Waals surface area contributed by atoms with Crippen molar-refractivity contribution in [2.45, 2.75) is 19.4 Å². The van der Waals surface area contributed by atoms with Crippen LogP contribution in [0.3, 0.4) is 0 Å². The van der Waals surface area contributed by atoms with Crippen LogP contribution in [-0.2, 0) is 0 Å². The molecule has 0 aromatic carbocycles. The first-order valence-electron chi connectivity index (χ1n) is 7.29. The molecular formula is C15H16N6O. The van der Waals surface area contributed by atoms with E-state index < -0.39 is 0 Å². The molecule has 3 aromatic heterocycles. The molecule has 7 nitrogen and oxygen atoms in total. The molecule has 1 atom stereocenters. The van der Waals surface area contributed by atoms with Crippen LogP contribution in [0.15, 0.2) is 36.9 Å².